The van der Waals surface area contributed by atoms with Crippen LogP contribution < -0.4 is 0 Å². The number of fused-ring (bicyclic) bond motifs is 1. The molecule has 0 radical (unpaired) electrons. The molecule has 1 aromatic carbocycles. The lowest BCUT2D eigenvalue weighted by atomic mass is 9.92. The number of rotatable bonds is 6. The van der Waals surface area contributed by atoms with Crippen LogP contribution in [0.3, 0.4) is 0 Å². The Balaban J connectivity index is 2.14. The molecular formula is C16H22O5. The molecular weight excluding hydrogens is 272 g/mol. The number of aromatic hydroxyl groups is 3. The Labute approximate surface area is 124 Å². The van der Waals surface area contributed by atoms with E-state index >= 15 is 0 Å². The zero-order valence-electron chi connectivity index (χ0n) is 12.3. The molecule has 1 heterocycles. The van der Waals surface area contributed by atoms with Crippen LogP contribution in [0.1, 0.15) is 62.7 Å². The minimum Gasteiger partial charge on any atom is -0.504 e. The minimum atomic E-state index is -0.553. The summed E-state index contributed by atoms with van der Waals surface area (Å²) in [4.78, 5) is 11.6. The number of hydrogen-bond donors (Lipinski definition) is 3. The quantitative estimate of drug-likeness (QED) is 0.425. The molecule has 0 unspecified atom stereocenters. The van der Waals surface area contributed by atoms with E-state index in [0.717, 1.165) is 25.7 Å². The van der Waals surface area contributed by atoms with Crippen LogP contribution in [0.15, 0.2) is 6.07 Å². The first-order valence-electron chi connectivity index (χ1n) is 7.50. The number of hydrogen-bond acceptors (Lipinski definition) is 5. The number of phenols is 3. The number of carbonyl (C=O) groups is 1. The third kappa shape index (κ3) is 3.40. The Hall–Kier alpha value is -1.91. The number of ether oxygens (including phenoxy) is 1. The van der Waals surface area contributed by atoms with Crippen LogP contribution in [-0.2, 0) is 16.0 Å². The van der Waals surface area contributed by atoms with E-state index in [-0.39, 0.29) is 18.1 Å². The van der Waals surface area contributed by atoms with Crippen LogP contribution in [0.25, 0.3) is 0 Å². The molecule has 21 heavy (non-hydrogen) atoms. The van der Waals surface area contributed by atoms with Crippen molar-refractivity contribution in [2.75, 3.05) is 0 Å². The number of phenolic OH excluding ortho intramolecular Hbond substituents is 3. The summed E-state index contributed by atoms with van der Waals surface area (Å²) in [5.74, 6) is -1.72. The highest BCUT2D eigenvalue weighted by molar-refractivity contribution is 5.77. The third-order valence-corrected chi connectivity index (χ3v) is 3.88. The fourth-order valence-corrected chi connectivity index (χ4v) is 2.77. The molecule has 0 fully saturated rings. The van der Waals surface area contributed by atoms with Crippen molar-refractivity contribution in [1.29, 1.82) is 0 Å². The predicted molar refractivity (Wildman–Crippen MR) is 77.3 cm³/mol. The van der Waals surface area contributed by atoms with Crippen LogP contribution in [-0.4, -0.2) is 21.3 Å². The molecule has 116 valence electrons. The van der Waals surface area contributed by atoms with Gasteiger partial charge in [0.1, 0.15) is 6.10 Å². The van der Waals surface area contributed by atoms with Crippen LogP contribution in [0.5, 0.6) is 17.2 Å². The van der Waals surface area contributed by atoms with Gasteiger partial charge in [-0.3, -0.25) is 4.79 Å². The second kappa shape index (κ2) is 6.70. The molecule has 1 atom stereocenters. The minimum absolute atomic E-state index is 0.00304. The lowest BCUT2D eigenvalue weighted by molar-refractivity contribution is -0.150. The Morgan fingerprint density at radius 2 is 1.86 bits per heavy atom. The summed E-state index contributed by atoms with van der Waals surface area (Å²) in [6.45, 7) is 2.15. The predicted octanol–water partition coefficient (Wildman–Crippen LogP) is 3.30. The number of cyclic esters (lactones) is 1. The summed E-state index contributed by atoms with van der Waals surface area (Å²) in [6.07, 6.45) is 5.48. The van der Waals surface area contributed by atoms with Crippen molar-refractivity contribution in [3.8, 4) is 17.2 Å². The largest absolute Gasteiger partial charge is 0.504 e. The fraction of sp³-hybridized carbons (Fsp3) is 0.562. The Morgan fingerprint density at radius 3 is 2.57 bits per heavy atom. The van der Waals surface area contributed by atoms with Gasteiger partial charge in [0.05, 0.1) is 6.42 Å². The van der Waals surface area contributed by atoms with Crippen molar-refractivity contribution in [2.45, 2.75) is 58.0 Å². The summed E-state index contributed by atoms with van der Waals surface area (Å²) < 4.78 is 5.30. The molecule has 1 aliphatic rings. The lowest BCUT2D eigenvalue weighted by Gasteiger charge is -2.27. The van der Waals surface area contributed by atoms with E-state index < -0.39 is 17.6 Å². The summed E-state index contributed by atoms with van der Waals surface area (Å²) in [6, 6.07) is 1.33. The van der Waals surface area contributed by atoms with E-state index in [2.05, 4.69) is 6.92 Å². The number of unbranched alkanes of at least 4 members (excludes halogenated alkanes) is 4. The van der Waals surface area contributed by atoms with Crippen LogP contribution in [0, 0.1) is 0 Å². The smallest absolute Gasteiger partial charge is 0.310 e. The molecule has 1 aliphatic heterocycles. The van der Waals surface area contributed by atoms with Gasteiger partial charge in [0.15, 0.2) is 11.5 Å². The Bertz CT molecular complexity index is 524. The molecule has 0 aliphatic carbocycles. The zero-order valence-corrected chi connectivity index (χ0v) is 12.3. The molecule has 3 N–H and O–H groups in total. The average molecular weight is 294 g/mol. The molecule has 5 heteroatoms. The standard InChI is InChI=1S/C16H22O5/c1-2-3-4-5-6-7-12-14-10(9-13(18)21-12)8-11(17)15(19)16(14)20/h8,12,17,19-20H,2-7,9H2,1H3/t12-/m1/s1. The highest BCUT2D eigenvalue weighted by atomic mass is 16.5. The van der Waals surface area contributed by atoms with Gasteiger partial charge in [0.25, 0.3) is 0 Å². The van der Waals surface area contributed by atoms with Crippen molar-refractivity contribution in [3.05, 3.63) is 17.2 Å². The van der Waals surface area contributed by atoms with Gasteiger partial charge in [-0.1, -0.05) is 32.6 Å². The second-order valence-electron chi connectivity index (χ2n) is 5.52. The Kier molecular flexibility index (Phi) is 4.94. The van der Waals surface area contributed by atoms with Gasteiger partial charge < -0.3 is 20.1 Å². The van der Waals surface area contributed by atoms with E-state index in [1.54, 1.807) is 0 Å². The molecule has 0 bridgehead atoms. The van der Waals surface area contributed by atoms with E-state index in [0.29, 0.717) is 17.5 Å². The van der Waals surface area contributed by atoms with Crippen LogP contribution in [0.4, 0.5) is 0 Å². The highest BCUT2D eigenvalue weighted by Crippen LogP contribution is 2.46. The molecule has 0 amide bonds. The van der Waals surface area contributed by atoms with Crippen molar-refractivity contribution in [1.82, 2.24) is 0 Å². The van der Waals surface area contributed by atoms with E-state index in [1.807, 2.05) is 0 Å². The molecule has 2 rings (SSSR count). The second-order valence-corrected chi connectivity index (χ2v) is 5.52. The lowest BCUT2D eigenvalue weighted by Crippen LogP contribution is -2.21. The topological polar surface area (TPSA) is 87.0 Å². The van der Waals surface area contributed by atoms with Crippen molar-refractivity contribution < 1.29 is 24.9 Å². The van der Waals surface area contributed by atoms with Gasteiger partial charge in [-0.2, -0.15) is 0 Å². The molecule has 0 spiro atoms. The zero-order chi connectivity index (χ0) is 15.4. The van der Waals surface area contributed by atoms with Gasteiger partial charge in [0, 0.05) is 5.56 Å². The first-order valence-corrected chi connectivity index (χ1v) is 7.50. The molecule has 5 nitrogen and oxygen atoms in total. The summed E-state index contributed by atoms with van der Waals surface area (Å²) >= 11 is 0. The summed E-state index contributed by atoms with van der Waals surface area (Å²) in [5, 5.41) is 29.2. The third-order valence-electron chi connectivity index (χ3n) is 3.88. The molecule has 0 aromatic heterocycles. The van der Waals surface area contributed by atoms with Crippen LogP contribution in [0.2, 0.25) is 0 Å². The first-order chi connectivity index (χ1) is 10.0. The Morgan fingerprint density at radius 1 is 1.14 bits per heavy atom. The number of carbonyl (C=O) groups excluding carboxylic acids is 1. The van der Waals surface area contributed by atoms with Gasteiger partial charge in [-0.05, 0) is 24.5 Å². The van der Waals surface area contributed by atoms with E-state index in [1.165, 1.54) is 12.5 Å². The van der Waals surface area contributed by atoms with Crippen molar-refractivity contribution in [2.24, 2.45) is 0 Å². The van der Waals surface area contributed by atoms with Gasteiger partial charge in [-0.25, -0.2) is 0 Å². The van der Waals surface area contributed by atoms with E-state index in [4.69, 9.17) is 4.74 Å². The number of benzene rings is 1. The summed E-state index contributed by atoms with van der Waals surface area (Å²) in [7, 11) is 0. The van der Waals surface area contributed by atoms with Crippen molar-refractivity contribution >= 4 is 5.97 Å². The first kappa shape index (κ1) is 15.5. The normalized spacial score (nSPS) is 17.4. The SMILES string of the molecule is CCCCCCC[C@H]1OC(=O)Cc2cc(O)c(O)c(O)c21. The molecule has 1 aromatic rings. The maximum Gasteiger partial charge on any atom is 0.310 e. The van der Waals surface area contributed by atoms with Crippen molar-refractivity contribution in [3.63, 3.8) is 0 Å². The summed E-state index contributed by atoms with van der Waals surface area (Å²) in [5.41, 5.74) is 0.956. The maximum atomic E-state index is 11.6. The monoisotopic (exact) mass is 294 g/mol. The molecule has 0 saturated heterocycles. The van der Waals surface area contributed by atoms with Gasteiger partial charge in [-0.15, -0.1) is 0 Å². The fourth-order valence-electron chi connectivity index (χ4n) is 2.77. The van der Waals surface area contributed by atoms with Gasteiger partial charge in [0.2, 0.25) is 5.75 Å². The molecule has 0 saturated carbocycles. The van der Waals surface area contributed by atoms with Gasteiger partial charge >= 0.3 is 5.97 Å². The average Bonchev–Trinajstić information content (AvgIpc) is 2.44. The van der Waals surface area contributed by atoms with Crippen LogP contribution >= 0.6 is 0 Å². The highest BCUT2D eigenvalue weighted by Gasteiger charge is 2.31. The maximum absolute atomic E-state index is 11.6. The van der Waals surface area contributed by atoms with E-state index in [9.17, 15) is 20.1 Å². The number of esters is 1.